The van der Waals surface area contributed by atoms with E-state index in [-0.39, 0.29) is 34.8 Å². The maximum Gasteiger partial charge on any atom is 0.258 e. The number of rotatable bonds is 3. The number of nitrogens with zero attached hydrogens (tertiary/aromatic N) is 1. The van der Waals surface area contributed by atoms with Gasteiger partial charge in [-0.1, -0.05) is 23.2 Å². The highest BCUT2D eigenvalue weighted by Crippen LogP contribution is 2.24. The molecule has 5 nitrogen and oxygen atoms in total. The first-order valence-electron chi connectivity index (χ1n) is 6.04. The van der Waals surface area contributed by atoms with Crippen molar-refractivity contribution in [3.8, 4) is 0 Å². The number of benzene rings is 1. The highest BCUT2D eigenvalue weighted by molar-refractivity contribution is 6.38. The first kappa shape index (κ1) is 14.8. The molecule has 1 aromatic carbocycles. The molecule has 0 aliphatic rings. The van der Waals surface area contributed by atoms with Crippen LogP contribution in [0.3, 0.4) is 0 Å². The number of aromatic nitrogens is 2. The first-order valence-corrected chi connectivity index (χ1v) is 6.79. The number of H-pyrrole nitrogens is 1. The van der Waals surface area contributed by atoms with Crippen LogP contribution < -0.4 is 10.9 Å². The molecule has 0 atom stereocenters. The summed E-state index contributed by atoms with van der Waals surface area (Å²) in [5.74, 6) is 0.0532. The quantitative estimate of drug-likeness (QED) is 0.913. The van der Waals surface area contributed by atoms with Crippen LogP contribution in [0.15, 0.2) is 16.9 Å². The van der Waals surface area contributed by atoms with Crippen LogP contribution >= 0.6 is 23.2 Å². The van der Waals surface area contributed by atoms with E-state index in [1.54, 1.807) is 0 Å². The van der Waals surface area contributed by atoms with E-state index in [0.29, 0.717) is 15.9 Å². The van der Waals surface area contributed by atoms with E-state index in [4.69, 9.17) is 23.2 Å². The predicted octanol–water partition coefficient (Wildman–Crippen LogP) is 2.30. The average molecular weight is 314 g/mol. The first-order chi connectivity index (χ1) is 9.36. The second-order valence-electron chi connectivity index (χ2n) is 4.70. The minimum absolute atomic E-state index is 0.0116. The van der Waals surface area contributed by atoms with Gasteiger partial charge in [0.2, 0.25) is 5.91 Å². The van der Waals surface area contributed by atoms with Crippen molar-refractivity contribution in [2.24, 2.45) is 0 Å². The molecule has 1 amide bonds. The standard InChI is InChI=1S/C13H13Cl2N3O2/c1-6(2)16-11(19)5-10-17-12-8(13(20)18-10)3-7(14)4-9(12)15/h3-4,6H,5H2,1-2H3,(H,16,19)(H,17,18,20). The van der Waals surface area contributed by atoms with Gasteiger partial charge in [-0.05, 0) is 26.0 Å². The Morgan fingerprint density at radius 2 is 2.10 bits per heavy atom. The lowest BCUT2D eigenvalue weighted by Crippen LogP contribution is -2.32. The number of hydrogen-bond acceptors (Lipinski definition) is 3. The summed E-state index contributed by atoms with van der Waals surface area (Å²) in [7, 11) is 0. The molecule has 7 heteroatoms. The summed E-state index contributed by atoms with van der Waals surface area (Å²) in [5.41, 5.74) is -0.0288. The molecule has 2 aromatic rings. The summed E-state index contributed by atoms with van der Waals surface area (Å²) < 4.78 is 0. The van der Waals surface area contributed by atoms with E-state index in [0.717, 1.165) is 0 Å². The molecule has 0 saturated carbocycles. The third kappa shape index (κ3) is 3.29. The fraction of sp³-hybridized carbons (Fsp3) is 0.308. The van der Waals surface area contributed by atoms with Crippen LogP contribution in [0.1, 0.15) is 19.7 Å². The van der Waals surface area contributed by atoms with Crippen molar-refractivity contribution in [2.75, 3.05) is 0 Å². The molecular formula is C13H13Cl2N3O2. The molecule has 20 heavy (non-hydrogen) atoms. The Labute approximate surface area is 125 Å². The molecule has 0 fully saturated rings. The zero-order valence-electron chi connectivity index (χ0n) is 11.0. The van der Waals surface area contributed by atoms with Gasteiger partial charge in [-0.15, -0.1) is 0 Å². The number of fused-ring (bicyclic) bond motifs is 1. The molecule has 2 N–H and O–H groups in total. The third-order valence-electron chi connectivity index (χ3n) is 2.56. The molecule has 0 saturated heterocycles. The Morgan fingerprint density at radius 1 is 1.40 bits per heavy atom. The number of halogens is 2. The monoisotopic (exact) mass is 313 g/mol. The lowest BCUT2D eigenvalue weighted by atomic mass is 10.2. The van der Waals surface area contributed by atoms with E-state index in [1.807, 2.05) is 13.8 Å². The number of carbonyl (C=O) groups excluding carboxylic acids is 1. The van der Waals surface area contributed by atoms with Crippen LogP contribution in [0.4, 0.5) is 0 Å². The highest BCUT2D eigenvalue weighted by atomic mass is 35.5. The van der Waals surface area contributed by atoms with Crippen molar-refractivity contribution >= 4 is 40.0 Å². The van der Waals surface area contributed by atoms with Gasteiger partial charge in [0.15, 0.2) is 0 Å². The molecule has 0 aliphatic heterocycles. The number of nitrogens with one attached hydrogen (secondary N) is 2. The normalized spacial score (nSPS) is 11.1. The van der Waals surface area contributed by atoms with Gasteiger partial charge in [0, 0.05) is 11.1 Å². The Hall–Kier alpha value is -1.59. The largest absolute Gasteiger partial charge is 0.354 e. The molecule has 1 aromatic heterocycles. The van der Waals surface area contributed by atoms with Crippen LogP contribution in [0, 0.1) is 0 Å². The fourth-order valence-electron chi connectivity index (χ4n) is 1.82. The van der Waals surface area contributed by atoms with E-state index in [9.17, 15) is 9.59 Å². The summed E-state index contributed by atoms with van der Waals surface area (Å²) in [6, 6.07) is 3.03. The predicted molar refractivity (Wildman–Crippen MR) is 79.4 cm³/mol. The van der Waals surface area contributed by atoms with Crippen molar-refractivity contribution in [3.63, 3.8) is 0 Å². The molecule has 0 radical (unpaired) electrons. The molecule has 0 bridgehead atoms. The second kappa shape index (κ2) is 5.81. The maximum absolute atomic E-state index is 12.0. The van der Waals surface area contributed by atoms with Crippen molar-refractivity contribution < 1.29 is 4.79 Å². The fourth-order valence-corrected chi connectivity index (χ4v) is 2.36. The van der Waals surface area contributed by atoms with Gasteiger partial charge in [0.1, 0.15) is 5.82 Å². The summed E-state index contributed by atoms with van der Waals surface area (Å²) >= 11 is 11.9. The van der Waals surface area contributed by atoms with E-state index in [1.165, 1.54) is 12.1 Å². The highest BCUT2D eigenvalue weighted by Gasteiger charge is 2.12. The minimum Gasteiger partial charge on any atom is -0.354 e. The molecule has 0 unspecified atom stereocenters. The minimum atomic E-state index is -0.369. The zero-order valence-corrected chi connectivity index (χ0v) is 12.5. The van der Waals surface area contributed by atoms with Crippen LogP contribution in [-0.2, 0) is 11.2 Å². The van der Waals surface area contributed by atoms with Gasteiger partial charge in [0.25, 0.3) is 5.56 Å². The van der Waals surface area contributed by atoms with E-state index in [2.05, 4.69) is 15.3 Å². The third-order valence-corrected chi connectivity index (χ3v) is 3.06. The number of amides is 1. The lowest BCUT2D eigenvalue weighted by Gasteiger charge is -2.08. The van der Waals surface area contributed by atoms with Crippen LogP contribution in [0.2, 0.25) is 10.0 Å². The number of aromatic amines is 1. The van der Waals surface area contributed by atoms with Gasteiger partial charge in [0.05, 0.1) is 22.3 Å². The van der Waals surface area contributed by atoms with Crippen LogP contribution in [0.25, 0.3) is 10.9 Å². The molecular weight excluding hydrogens is 301 g/mol. The molecule has 2 rings (SSSR count). The summed E-state index contributed by atoms with van der Waals surface area (Å²) in [5, 5.41) is 3.67. The molecule has 1 heterocycles. The summed E-state index contributed by atoms with van der Waals surface area (Å²) in [6.07, 6.45) is -0.0116. The smallest absolute Gasteiger partial charge is 0.258 e. The molecule has 0 aliphatic carbocycles. The van der Waals surface area contributed by atoms with Gasteiger partial charge in [-0.2, -0.15) is 0 Å². The van der Waals surface area contributed by atoms with Crippen molar-refractivity contribution in [1.82, 2.24) is 15.3 Å². The van der Waals surface area contributed by atoms with E-state index >= 15 is 0 Å². The van der Waals surface area contributed by atoms with Gasteiger partial charge in [-0.3, -0.25) is 9.59 Å². The maximum atomic E-state index is 12.0. The van der Waals surface area contributed by atoms with Gasteiger partial charge in [-0.25, -0.2) is 4.98 Å². The second-order valence-corrected chi connectivity index (χ2v) is 5.54. The molecule has 0 spiro atoms. The Morgan fingerprint density at radius 3 is 2.75 bits per heavy atom. The topological polar surface area (TPSA) is 74.8 Å². The number of hydrogen-bond donors (Lipinski definition) is 2. The average Bonchev–Trinajstić information content (AvgIpc) is 2.29. The summed E-state index contributed by atoms with van der Waals surface area (Å²) in [4.78, 5) is 30.4. The summed E-state index contributed by atoms with van der Waals surface area (Å²) in [6.45, 7) is 3.71. The SMILES string of the molecule is CC(C)NC(=O)Cc1nc2c(Cl)cc(Cl)cc2c(=O)[nH]1. The Kier molecular flexibility index (Phi) is 4.30. The zero-order chi connectivity index (χ0) is 14.9. The lowest BCUT2D eigenvalue weighted by molar-refractivity contribution is -0.121. The van der Waals surface area contributed by atoms with E-state index < -0.39 is 0 Å². The van der Waals surface area contributed by atoms with Gasteiger partial charge >= 0.3 is 0 Å². The van der Waals surface area contributed by atoms with Crippen molar-refractivity contribution in [2.45, 2.75) is 26.3 Å². The van der Waals surface area contributed by atoms with Gasteiger partial charge < -0.3 is 10.3 Å². The van der Waals surface area contributed by atoms with Crippen LogP contribution in [0.5, 0.6) is 0 Å². The van der Waals surface area contributed by atoms with Crippen molar-refractivity contribution in [3.05, 3.63) is 38.4 Å². The van der Waals surface area contributed by atoms with Crippen LogP contribution in [-0.4, -0.2) is 21.9 Å². The Balaban J connectivity index is 2.43. The number of carbonyl (C=O) groups is 1. The Bertz CT molecular complexity index is 725. The molecule has 106 valence electrons. The van der Waals surface area contributed by atoms with Crippen molar-refractivity contribution in [1.29, 1.82) is 0 Å².